The van der Waals surface area contributed by atoms with Gasteiger partial charge < -0.3 is 4.90 Å². The van der Waals surface area contributed by atoms with Gasteiger partial charge in [-0.15, -0.1) is 0 Å². The lowest BCUT2D eigenvalue weighted by Crippen LogP contribution is -2.41. The second-order valence-corrected chi connectivity index (χ2v) is 5.77. The topological polar surface area (TPSA) is 23.6 Å². The second-order valence-electron chi connectivity index (χ2n) is 5.77. The van der Waals surface area contributed by atoms with E-state index < -0.39 is 5.82 Å². The molecule has 1 atom stereocenters. The van der Waals surface area contributed by atoms with Crippen LogP contribution in [-0.2, 0) is 0 Å². The molecule has 3 rings (SSSR count). The molecule has 2 saturated heterocycles. The summed E-state index contributed by atoms with van der Waals surface area (Å²) in [5.41, 5.74) is 0.201. The number of hydrogen-bond acceptors (Lipinski definition) is 2. The third-order valence-electron chi connectivity index (χ3n) is 4.46. The molecule has 1 amide bonds. The van der Waals surface area contributed by atoms with Crippen LogP contribution in [0.2, 0.25) is 0 Å². The average Bonchev–Trinajstić information content (AvgIpc) is 2.98. The molecular weight excluding hydrogens is 255 g/mol. The lowest BCUT2D eigenvalue weighted by atomic mass is 10.1. The Morgan fingerprint density at radius 3 is 2.60 bits per heavy atom. The molecule has 0 radical (unpaired) electrons. The van der Waals surface area contributed by atoms with E-state index in [0.29, 0.717) is 6.04 Å². The van der Waals surface area contributed by atoms with Gasteiger partial charge in [0.15, 0.2) is 0 Å². The van der Waals surface area contributed by atoms with Gasteiger partial charge in [0.05, 0.1) is 5.56 Å². The van der Waals surface area contributed by atoms with Crippen molar-refractivity contribution in [1.29, 1.82) is 0 Å². The van der Waals surface area contributed by atoms with E-state index >= 15 is 0 Å². The predicted molar refractivity (Wildman–Crippen MR) is 76.1 cm³/mol. The van der Waals surface area contributed by atoms with Gasteiger partial charge in [-0.1, -0.05) is 18.6 Å². The molecule has 2 aliphatic rings. The van der Waals surface area contributed by atoms with Gasteiger partial charge in [-0.2, -0.15) is 0 Å². The van der Waals surface area contributed by atoms with Crippen molar-refractivity contribution in [1.82, 2.24) is 9.80 Å². The van der Waals surface area contributed by atoms with Crippen molar-refractivity contribution < 1.29 is 9.18 Å². The number of halogens is 1. The molecule has 2 aliphatic heterocycles. The van der Waals surface area contributed by atoms with Crippen LogP contribution in [0.15, 0.2) is 24.3 Å². The van der Waals surface area contributed by atoms with E-state index in [0.717, 1.165) is 32.6 Å². The molecule has 2 fully saturated rings. The number of benzene rings is 1. The highest BCUT2D eigenvalue weighted by Crippen LogP contribution is 2.22. The summed E-state index contributed by atoms with van der Waals surface area (Å²) in [5, 5.41) is 0. The van der Waals surface area contributed by atoms with Crippen LogP contribution in [0.25, 0.3) is 0 Å². The van der Waals surface area contributed by atoms with Crippen LogP contribution in [0.3, 0.4) is 0 Å². The number of hydrogen-bond donors (Lipinski definition) is 0. The number of nitrogens with zero attached hydrogens (tertiary/aromatic N) is 2. The van der Waals surface area contributed by atoms with Crippen molar-refractivity contribution in [3.05, 3.63) is 35.6 Å². The van der Waals surface area contributed by atoms with Crippen LogP contribution in [0.1, 0.15) is 36.0 Å². The third-order valence-corrected chi connectivity index (χ3v) is 4.46. The molecular formula is C16H21FN2O. The first-order chi connectivity index (χ1) is 9.75. The number of rotatable bonds is 2. The van der Waals surface area contributed by atoms with Crippen molar-refractivity contribution >= 4 is 5.91 Å². The zero-order valence-corrected chi connectivity index (χ0v) is 11.7. The summed E-state index contributed by atoms with van der Waals surface area (Å²) in [6, 6.07) is 6.73. The van der Waals surface area contributed by atoms with Crippen molar-refractivity contribution in [2.75, 3.05) is 26.2 Å². The van der Waals surface area contributed by atoms with Crippen molar-refractivity contribution in [2.45, 2.75) is 31.7 Å². The minimum absolute atomic E-state index is 0.164. The third kappa shape index (κ3) is 2.70. The largest absolute Gasteiger partial charge is 0.337 e. The summed E-state index contributed by atoms with van der Waals surface area (Å²) in [6.45, 7) is 3.78. The molecule has 0 spiro atoms. The molecule has 3 nitrogen and oxygen atoms in total. The molecule has 1 aromatic carbocycles. The van der Waals surface area contributed by atoms with Gasteiger partial charge in [0.2, 0.25) is 0 Å². The summed E-state index contributed by atoms with van der Waals surface area (Å²) in [5.74, 6) is -0.582. The SMILES string of the molecule is O=C(c1ccccc1F)N1CCC(N2CCCCC2)C1. The highest BCUT2D eigenvalue weighted by atomic mass is 19.1. The van der Waals surface area contributed by atoms with Gasteiger partial charge in [-0.3, -0.25) is 9.69 Å². The molecule has 108 valence electrons. The molecule has 20 heavy (non-hydrogen) atoms. The van der Waals surface area contributed by atoms with E-state index in [1.165, 1.54) is 25.3 Å². The molecule has 0 bridgehead atoms. The standard InChI is InChI=1S/C16H21FN2O/c17-15-7-3-2-6-14(15)16(20)19-11-8-13(12-19)18-9-4-1-5-10-18/h2-3,6-7,13H,1,4-5,8-12H2. The minimum atomic E-state index is -0.418. The van der Waals surface area contributed by atoms with Gasteiger partial charge in [0.1, 0.15) is 5.82 Å². The van der Waals surface area contributed by atoms with Gasteiger partial charge in [-0.25, -0.2) is 4.39 Å². The Hall–Kier alpha value is -1.42. The quantitative estimate of drug-likeness (QED) is 0.828. The monoisotopic (exact) mass is 276 g/mol. The first-order valence-corrected chi connectivity index (χ1v) is 7.53. The fourth-order valence-electron chi connectivity index (χ4n) is 3.31. The minimum Gasteiger partial charge on any atom is -0.337 e. The number of carbonyl (C=O) groups is 1. The highest BCUT2D eigenvalue weighted by molar-refractivity contribution is 5.94. The fraction of sp³-hybridized carbons (Fsp3) is 0.562. The Morgan fingerprint density at radius 2 is 1.85 bits per heavy atom. The number of likely N-dealkylation sites (tertiary alicyclic amines) is 2. The second kappa shape index (κ2) is 5.92. The average molecular weight is 276 g/mol. The van der Waals surface area contributed by atoms with Crippen molar-refractivity contribution in [3.8, 4) is 0 Å². The van der Waals surface area contributed by atoms with E-state index in [-0.39, 0.29) is 11.5 Å². The zero-order chi connectivity index (χ0) is 13.9. The maximum absolute atomic E-state index is 13.7. The maximum Gasteiger partial charge on any atom is 0.256 e. The van der Waals surface area contributed by atoms with E-state index in [4.69, 9.17) is 0 Å². The molecule has 4 heteroatoms. The smallest absolute Gasteiger partial charge is 0.256 e. The molecule has 0 saturated carbocycles. The Balaban J connectivity index is 1.65. The van der Waals surface area contributed by atoms with Crippen molar-refractivity contribution in [3.63, 3.8) is 0 Å². The van der Waals surface area contributed by atoms with Crippen LogP contribution >= 0.6 is 0 Å². The van der Waals surface area contributed by atoms with Gasteiger partial charge >= 0.3 is 0 Å². The molecule has 0 aliphatic carbocycles. The lowest BCUT2D eigenvalue weighted by molar-refractivity contribution is 0.0767. The van der Waals surface area contributed by atoms with Crippen LogP contribution < -0.4 is 0 Å². The molecule has 0 aromatic heterocycles. The first-order valence-electron chi connectivity index (χ1n) is 7.53. The Labute approximate surface area is 119 Å². The Kier molecular flexibility index (Phi) is 4.01. The van der Waals surface area contributed by atoms with E-state index in [9.17, 15) is 9.18 Å². The summed E-state index contributed by atoms with van der Waals surface area (Å²) in [6.07, 6.45) is 4.86. The zero-order valence-electron chi connectivity index (χ0n) is 11.7. The fourth-order valence-corrected chi connectivity index (χ4v) is 3.31. The van der Waals surface area contributed by atoms with E-state index in [1.807, 2.05) is 0 Å². The van der Waals surface area contributed by atoms with E-state index in [2.05, 4.69) is 4.90 Å². The summed E-state index contributed by atoms with van der Waals surface area (Å²) < 4.78 is 13.7. The molecule has 0 N–H and O–H groups in total. The number of piperidine rings is 1. The summed E-state index contributed by atoms with van der Waals surface area (Å²) >= 11 is 0. The van der Waals surface area contributed by atoms with Crippen LogP contribution in [0.4, 0.5) is 4.39 Å². The maximum atomic E-state index is 13.7. The molecule has 1 aromatic rings. The highest BCUT2D eigenvalue weighted by Gasteiger charge is 2.31. The Bertz CT molecular complexity index is 485. The van der Waals surface area contributed by atoms with Crippen LogP contribution in [0, 0.1) is 5.82 Å². The first kappa shape index (κ1) is 13.6. The molecule has 2 heterocycles. The predicted octanol–water partition coefficient (Wildman–Crippen LogP) is 2.53. The van der Waals surface area contributed by atoms with Crippen LogP contribution in [0.5, 0.6) is 0 Å². The molecule has 1 unspecified atom stereocenters. The van der Waals surface area contributed by atoms with E-state index in [1.54, 1.807) is 23.1 Å². The Morgan fingerprint density at radius 1 is 1.10 bits per heavy atom. The summed E-state index contributed by atoms with van der Waals surface area (Å²) in [7, 11) is 0. The van der Waals surface area contributed by atoms with Gasteiger partial charge in [0, 0.05) is 19.1 Å². The van der Waals surface area contributed by atoms with Gasteiger partial charge in [0.25, 0.3) is 5.91 Å². The van der Waals surface area contributed by atoms with Crippen LogP contribution in [-0.4, -0.2) is 47.9 Å². The number of carbonyl (C=O) groups excluding carboxylic acids is 1. The number of amides is 1. The normalized spacial score (nSPS) is 24.1. The van der Waals surface area contributed by atoms with Gasteiger partial charge in [-0.05, 0) is 44.5 Å². The lowest BCUT2D eigenvalue weighted by Gasteiger charge is -2.32. The summed E-state index contributed by atoms with van der Waals surface area (Å²) in [4.78, 5) is 16.7. The van der Waals surface area contributed by atoms with Crippen molar-refractivity contribution in [2.24, 2.45) is 0 Å².